The number of nitro groups is 1. The fraction of sp³-hybridized carbons (Fsp3) is 0.133. The van der Waals surface area contributed by atoms with Crippen LogP contribution in [0.4, 0.5) is 11.4 Å². The number of amides is 1. The Morgan fingerprint density at radius 2 is 2.09 bits per heavy atom. The summed E-state index contributed by atoms with van der Waals surface area (Å²) in [5.41, 5.74) is 7.48. The largest absolute Gasteiger partial charge is 0.376 e. The number of hydrogen-bond donors (Lipinski definition) is 3. The van der Waals surface area contributed by atoms with E-state index in [1.165, 1.54) is 22.8 Å². The predicted molar refractivity (Wildman–Crippen MR) is 91.0 cm³/mol. The van der Waals surface area contributed by atoms with Crippen molar-refractivity contribution in [3.05, 3.63) is 62.8 Å². The van der Waals surface area contributed by atoms with Crippen LogP contribution in [0.25, 0.3) is 5.70 Å². The van der Waals surface area contributed by atoms with E-state index in [9.17, 15) is 14.9 Å². The molecule has 1 aromatic carbocycles. The van der Waals surface area contributed by atoms with Gasteiger partial charge in [0, 0.05) is 11.8 Å². The van der Waals surface area contributed by atoms with Crippen molar-refractivity contribution < 1.29 is 9.72 Å². The quantitative estimate of drug-likeness (QED) is 0.535. The lowest BCUT2D eigenvalue weighted by molar-refractivity contribution is -0.384. The molecule has 8 heteroatoms. The standard InChI is InChI=1S/C15H16N4O3S/c1-10-5-3-4-6-13(10)16-8-15(20)18-17-11(2)14-7-12(9-23-14)19(21)22/h3-7,9,16-17H,2,8H2,1H3,(H,18,20). The molecule has 0 fully saturated rings. The van der Waals surface area contributed by atoms with Crippen molar-refractivity contribution in [2.24, 2.45) is 0 Å². The molecule has 0 spiro atoms. The molecule has 2 aromatic rings. The van der Waals surface area contributed by atoms with Crippen LogP contribution in [0.15, 0.2) is 42.3 Å². The number of carbonyl (C=O) groups excluding carboxylic acids is 1. The lowest BCUT2D eigenvalue weighted by Gasteiger charge is -2.11. The van der Waals surface area contributed by atoms with Crippen LogP contribution in [-0.4, -0.2) is 17.4 Å². The summed E-state index contributed by atoms with van der Waals surface area (Å²) in [4.78, 5) is 22.5. The van der Waals surface area contributed by atoms with Gasteiger partial charge >= 0.3 is 0 Å². The highest BCUT2D eigenvalue weighted by atomic mass is 32.1. The number of nitrogens with zero attached hydrogens (tertiary/aromatic N) is 1. The Balaban J connectivity index is 1.80. The maximum absolute atomic E-state index is 11.8. The monoisotopic (exact) mass is 332 g/mol. The topological polar surface area (TPSA) is 96.3 Å². The second-order valence-corrected chi connectivity index (χ2v) is 5.66. The van der Waals surface area contributed by atoms with Gasteiger partial charge in [-0.2, -0.15) is 0 Å². The number of carbonyl (C=O) groups is 1. The molecule has 0 saturated carbocycles. The summed E-state index contributed by atoms with van der Waals surface area (Å²) in [5, 5.41) is 15.1. The van der Waals surface area contributed by atoms with Crippen LogP contribution in [-0.2, 0) is 4.79 Å². The van der Waals surface area contributed by atoms with E-state index in [4.69, 9.17) is 0 Å². The number of hydrogen-bond acceptors (Lipinski definition) is 6. The predicted octanol–water partition coefficient (Wildman–Crippen LogP) is 2.67. The highest BCUT2D eigenvalue weighted by Crippen LogP contribution is 2.24. The van der Waals surface area contributed by atoms with Gasteiger partial charge in [0.25, 0.3) is 11.6 Å². The molecule has 7 nitrogen and oxygen atoms in total. The van der Waals surface area contributed by atoms with E-state index < -0.39 is 4.92 Å². The fourth-order valence-electron chi connectivity index (χ4n) is 1.78. The van der Waals surface area contributed by atoms with Gasteiger partial charge in [-0.1, -0.05) is 24.8 Å². The molecule has 0 saturated heterocycles. The lowest BCUT2D eigenvalue weighted by Crippen LogP contribution is -2.39. The molecule has 0 unspecified atom stereocenters. The van der Waals surface area contributed by atoms with Crippen molar-refractivity contribution >= 4 is 34.3 Å². The Morgan fingerprint density at radius 1 is 1.35 bits per heavy atom. The third kappa shape index (κ3) is 4.55. The van der Waals surface area contributed by atoms with Gasteiger partial charge in [0.05, 0.1) is 27.4 Å². The van der Waals surface area contributed by atoms with Crippen LogP contribution in [0, 0.1) is 17.0 Å². The minimum absolute atomic E-state index is 0.000459. The SMILES string of the molecule is C=C(NNC(=O)CNc1ccccc1C)c1cc([N+](=O)[O-])cs1. The maximum Gasteiger partial charge on any atom is 0.280 e. The van der Waals surface area contributed by atoms with Crippen LogP contribution in [0.5, 0.6) is 0 Å². The average molecular weight is 332 g/mol. The highest BCUT2D eigenvalue weighted by Gasteiger charge is 2.11. The molecule has 120 valence electrons. The first-order chi connectivity index (χ1) is 11.0. The number of para-hydroxylation sites is 1. The van der Waals surface area contributed by atoms with E-state index in [2.05, 4.69) is 22.7 Å². The summed E-state index contributed by atoms with van der Waals surface area (Å²) < 4.78 is 0. The van der Waals surface area contributed by atoms with Gasteiger partial charge in [-0.05, 0) is 18.6 Å². The molecule has 0 atom stereocenters. The van der Waals surface area contributed by atoms with E-state index >= 15 is 0 Å². The molecule has 3 N–H and O–H groups in total. The lowest BCUT2D eigenvalue weighted by atomic mass is 10.2. The molecule has 23 heavy (non-hydrogen) atoms. The summed E-state index contributed by atoms with van der Waals surface area (Å²) in [6.45, 7) is 5.78. The van der Waals surface area contributed by atoms with Crippen LogP contribution in [0.3, 0.4) is 0 Å². The zero-order valence-corrected chi connectivity index (χ0v) is 13.3. The highest BCUT2D eigenvalue weighted by molar-refractivity contribution is 7.11. The zero-order chi connectivity index (χ0) is 16.8. The molecule has 0 bridgehead atoms. The van der Waals surface area contributed by atoms with E-state index in [0.717, 1.165) is 11.3 Å². The first-order valence-corrected chi connectivity index (χ1v) is 7.62. The Morgan fingerprint density at radius 3 is 2.74 bits per heavy atom. The Kier molecular flexibility index (Phi) is 5.32. The molecular weight excluding hydrogens is 316 g/mol. The minimum Gasteiger partial charge on any atom is -0.376 e. The van der Waals surface area contributed by atoms with Crippen LogP contribution >= 0.6 is 11.3 Å². The fourth-order valence-corrected chi connectivity index (χ4v) is 2.56. The number of nitrogens with one attached hydrogen (secondary N) is 3. The molecular formula is C15H16N4O3S. The van der Waals surface area contributed by atoms with Crippen molar-refractivity contribution in [3.8, 4) is 0 Å². The van der Waals surface area contributed by atoms with Crippen molar-refractivity contribution in [1.29, 1.82) is 0 Å². The smallest absolute Gasteiger partial charge is 0.280 e. The molecule has 0 aliphatic carbocycles. The zero-order valence-electron chi connectivity index (χ0n) is 12.5. The van der Waals surface area contributed by atoms with E-state index in [0.29, 0.717) is 10.6 Å². The van der Waals surface area contributed by atoms with E-state index in [1.54, 1.807) is 0 Å². The number of anilines is 1. The first-order valence-electron chi connectivity index (χ1n) is 6.74. The summed E-state index contributed by atoms with van der Waals surface area (Å²) in [6.07, 6.45) is 0. The number of hydrazine groups is 1. The van der Waals surface area contributed by atoms with Gasteiger partial charge in [-0.15, -0.1) is 11.3 Å². The van der Waals surface area contributed by atoms with Crippen molar-refractivity contribution in [2.45, 2.75) is 6.92 Å². The first kappa shape index (κ1) is 16.5. The molecule has 0 aliphatic heterocycles. The number of thiophene rings is 1. The number of aryl methyl sites for hydroxylation is 1. The van der Waals surface area contributed by atoms with Gasteiger partial charge < -0.3 is 5.32 Å². The van der Waals surface area contributed by atoms with E-state index in [1.807, 2.05) is 31.2 Å². The minimum atomic E-state index is -0.474. The average Bonchev–Trinajstić information content (AvgIpc) is 3.02. The second kappa shape index (κ2) is 7.41. The molecule has 1 heterocycles. The molecule has 1 aromatic heterocycles. The van der Waals surface area contributed by atoms with E-state index in [-0.39, 0.29) is 18.1 Å². The van der Waals surface area contributed by atoms with Crippen molar-refractivity contribution in [3.63, 3.8) is 0 Å². The third-order valence-corrected chi connectivity index (χ3v) is 4.01. The van der Waals surface area contributed by atoms with Crippen molar-refractivity contribution in [1.82, 2.24) is 10.9 Å². The molecule has 0 radical (unpaired) electrons. The number of benzene rings is 1. The van der Waals surface area contributed by atoms with Crippen LogP contribution < -0.4 is 16.2 Å². The normalized spacial score (nSPS) is 9.96. The Hall–Kier alpha value is -2.87. The second-order valence-electron chi connectivity index (χ2n) is 4.75. The van der Waals surface area contributed by atoms with Crippen LogP contribution in [0.2, 0.25) is 0 Å². The Labute approximate surface area is 137 Å². The summed E-state index contributed by atoms with van der Waals surface area (Å²) in [5.74, 6) is -0.277. The van der Waals surface area contributed by atoms with Crippen LogP contribution in [0.1, 0.15) is 10.4 Å². The van der Waals surface area contributed by atoms with Gasteiger partial charge in [-0.25, -0.2) is 0 Å². The summed E-state index contributed by atoms with van der Waals surface area (Å²) in [6, 6.07) is 9.05. The number of rotatable bonds is 7. The molecule has 2 rings (SSSR count). The van der Waals surface area contributed by atoms with Gasteiger partial charge in [0.2, 0.25) is 0 Å². The van der Waals surface area contributed by atoms with Gasteiger partial charge in [0.1, 0.15) is 0 Å². The summed E-state index contributed by atoms with van der Waals surface area (Å²) in [7, 11) is 0. The third-order valence-electron chi connectivity index (χ3n) is 3.03. The van der Waals surface area contributed by atoms with Gasteiger partial charge in [-0.3, -0.25) is 25.8 Å². The Bertz CT molecular complexity index is 742. The van der Waals surface area contributed by atoms with Gasteiger partial charge in [0.15, 0.2) is 0 Å². The molecule has 0 aliphatic rings. The summed E-state index contributed by atoms with van der Waals surface area (Å²) >= 11 is 1.18. The molecule has 1 amide bonds. The van der Waals surface area contributed by atoms with Crippen molar-refractivity contribution in [2.75, 3.05) is 11.9 Å². The maximum atomic E-state index is 11.8.